The molecule has 5 rings (SSSR count). The molecule has 0 N–H and O–H groups in total. The van der Waals surface area contributed by atoms with E-state index >= 15 is 0 Å². The average Bonchev–Trinajstić information content (AvgIpc) is 3.14. The van der Waals surface area contributed by atoms with Crippen LogP contribution in [0.1, 0.15) is 20.3 Å². The van der Waals surface area contributed by atoms with Crippen LogP contribution in [-0.2, 0) is 14.3 Å². The Balaban J connectivity index is 1.92. The van der Waals surface area contributed by atoms with Gasteiger partial charge in [0, 0.05) is 11.8 Å². The zero-order valence-corrected chi connectivity index (χ0v) is 11.6. The Morgan fingerprint density at radius 1 is 1.00 bits per heavy atom. The van der Waals surface area contributed by atoms with E-state index in [0.29, 0.717) is 0 Å². The van der Waals surface area contributed by atoms with Crippen molar-refractivity contribution in [3.05, 3.63) is 35.5 Å². The number of hydrogen-bond acceptors (Lipinski definition) is 3. The fraction of sp³-hybridized carbons (Fsp3) is 0.529. The summed E-state index contributed by atoms with van der Waals surface area (Å²) in [6.07, 6.45) is 9.55. The van der Waals surface area contributed by atoms with E-state index in [1.807, 2.05) is 0 Å². The number of carbonyl (C=O) groups is 2. The highest BCUT2D eigenvalue weighted by molar-refractivity contribution is 6.06. The number of hydrogen-bond donors (Lipinski definition) is 0. The van der Waals surface area contributed by atoms with Crippen LogP contribution in [0, 0.1) is 34.5 Å². The van der Waals surface area contributed by atoms with Gasteiger partial charge in [0.15, 0.2) is 0 Å². The lowest BCUT2D eigenvalue weighted by molar-refractivity contribution is -0.158. The first-order valence-corrected chi connectivity index (χ1v) is 7.37. The van der Waals surface area contributed by atoms with Gasteiger partial charge in [0.2, 0.25) is 0 Å². The fourth-order valence-corrected chi connectivity index (χ4v) is 6.15. The molecular formula is C17H16O3. The number of allylic oxidation sites excluding steroid dienone is 6. The molecule has 1 saturated heterocycles. The van der Waals surface area contributed by atoms with Gasteiger partial charge in [-0.1, -0.05) is 35.5 Å². The highest BCUT2D eigenvalue weighted by atomic mass is 16.6. The fourth-order valence-electron chi connectivity index (χ4n) is 6.15. The van der Waals surface area contributed by atoms with E-state index in [1.165, 1.54) is 11.1 Å². The molecular weight excluding hydrogens is 252 g/mol. The predicted octanol–water partition coefficient (Wildman–Crippen LogP) is 2.40. The third-order valence-corrected chi connectivity index (χ3v) is 6.52. The summed E-state index contributed by atoms with van der Waals surface area (Å²) in [4.78, 5) is 25.4. The molecule has 4 aliphatic carbocycles. The summed E-state index contributed by atoms with van der Waals surface area (Å²) in [7, 11) is 0. The Morgan fingerprint density at radius 2 is 1.50 bits per heavy atom. The molecule has 6 atom stereocenters. The molecule has 0 aromatic rings. The minimum Gasteiger partial charge on any atom is -0.392 e. The van der Waals surface area contributed by atoms with Gasteiger partial charge in [0.25, 0.3) is 0 Å². The van der Waals surface area contributed by atoms with Crippen LogP contribution in [-0.4, -0.2) is 11.9 Å². The molecule has 0 spiro atoms. The third-order valence-electron chi connectivity index (χ3n) is 6.52. The quantitative estimate of drug-likeness (QED) is 0.385. The van der Waals surface area contributed by atoms with E-state index in [4.69, 9.17) is 4.74 Å². The lowest BCUT2D eigenvalue weighted by Crippen LogP contribution is -2.50. The molecule has 1 aliphatic heterocycles. The Bertz CT molecular complexity index is 630. The van der Waals surface area contributed by atoms with Crippen molar-refractivity contribution in [2.45, 2.75) is 20.3 Å². The molecule has 20 heavy (non-hydrogen) atoms. The van der Waals surface area contributed by atoms with Gasteiger partial charge in [-0.05, 0) is 32.1 Å². The molecule has 0 radical (unpaired) electrons. The molecule has 5 aliphatic rings. The Kier molecular flexibility index (Phi) is 1.58. The minimum atomic E-state index is -0.629. The van der Waals surface area contributed by atoms with Crippen molar-refractivity contribution >= 4 is 11.9 Å². The van der Waals surface area contributed by atoms with E-state index in [1.54, 1.807) is 0 Å². The van der Waals surface area contributed by atoms with Crippen LogP contribution in [0.3, 0.4) is 0 Å². The second-order valence-corrected chi connectivity index (χ2v) is 7.04. The van der Waals surface area contributed by atoms with Crippen LogP contribution in [0.15, 0.2) is 35.5 Å². The maximum Gasteiger partial charge on any atom is 0.322 e. The summed E-state index contributed by atoms with van der Waals surface area (Å²) in [6.45, 7) is 4.19. The number of rotatable bonds is 0. The van der Waals surface area contributed by atoms with E-state index in [9.17, 15) is 9.59 Å². The van der Waals surface area contributed by atoms with E-state index in [-0.39, 0.29) is 35.6 Å². The van der Waals surface area contributed by atoms with Crippen LogP contribution < -0.4 is 0 Å². The first kappa shape index (κ1) is 11.1. The summed E-state index contributed by atoms with van der Waals surface area (Å²) in [5.74, 6) is -0.0702. The lowest BCUT2D eigenvalue weighted by Gasteiger charge is -2.41. The van der Waals surface area contributed by atoms with Crippen LogP contribution in [0.25, 0.3) is 0 Å². The van der Waals surface area contributed by atoms with Crippen molar-refractivity contribution in [1.29, 1.82) is 0 Å². The SMILES string of the molecule is CC(C)=C1[C@H]2C=C[C@@H]1[C@]13C(=O)OC(=O)[C@]21[C@@H]1C=C[C@H]3C1. The highest BCUT2D eigenvalue weighted by Gasteiger charge is 2.87. The van der Waals surface area contributed by atoms with Crippen molar-refractivity contribution in [3.63, 3.8) is 0 Å². The zero-order valence-electron chi connectivity index (χ0n) is 11.6. The standard InChI is InChI=1S/C17H16O3/c1-8(2)13-11-5-6-12(13)17-10-4-3-9(7-10)16(11,17)14(18)20-15(17)19/h3-6,9-12H,7H2,1-2H3/t9-,10+,11-,12+,16+,17-. The van der Waals surface area contributed by atoms with Crippen molar-refractivity contribution in [2.75, 3.05) is 0 Å². The second-order valence-electron chi connectivity index (χ2n) is 7.04. The summed E-state index contributed by atoms with van der Waals surface area (Å²) in [5.41, 5.74) is 1.29. The number of esters is 2. The molecule has 0 aromatic carbocycles. The van der Waals surface area contributed by atoms with Gasteiger partial charge in [0.1, 0.15) is 10.8 Å². The van der Waals surface area contributed by atoms with Gasteiger partial charge in [-0.3, -0.25) is 9.59 Å². The maximum absolute atomic E-state index is 12.7. The number of fused-ring (bicyclic) bond motifs is 4. The van der Waals surface area contributed by atoms with Crippen molar-refractivity contribution in [2.24, 2.45) is 34.5 Å². The zero-order chi connectivity index (χ0) is 13.9. The molecule has 0 aromatic heterocycles. The first-order valence-electron chi connectivity index (χ1n) is 7.37. The van der Waals surface area contributed by atoms with Crippen molar-refractivity contribution in [1.82, 2.24) is 0 Å². The summed E-state index contributed by atoms with van der Waals surface area (Å²) in [6, 6.07) is 0. The van der Waals surface area contributed by atoms with Gasteiger partial charge in [-0.25, -0.2) is 0 Å². The summed E-state index contributed by atoms with van der Waals surface area (Å²) in [5, 5.41) is 0. The van der Waals surface area contributed by atoms with E-state index < -0.39 is 10.8 Å². The van der Waals surface area contributed by atoms with E-state index in [2.05, 4.69) is 38.2 Å². The topological polar surface area (TPSA) is 43.4 Å². The Labute approximate surface area is 117 Å². The van der Waals surface area contributed by atoms with Crippen LogP contribution in [0.2, 0.25) is 0 Å². The Morgan fingerprint density at radius 3 is 1.95 bits per heavy atom. The molecule has 0 unspecified atom stereocenters. The smallest absolute Gasteiger partial charge is 0.322 e. The second kappa shape index (κ2) is 2.85. The van der Waals surface area contributed by atoms with Gasteiger partial charge in [-0.15, -0.1) is 0 Å². The monoisotopic (exact) mass is 268 g/mol. The van der Waals surface area contributed by atoms with Gasteiger partial charge < -0.3 is 4.74 Å². The lowest BCUT2D eigenvalue weighted by atomic mass is 9.54. The molecule has 102 valence electrons. The number of ether oxygens (including phenoxy) is 1. The minimum absolute atomic E-state index is 0.0661. The Hall–Kier alpha value is -1.64. The van der Waals surface area contributed by atoms with Crippen molar-refractivity contribution < 1.29 is 14.3 Å². The van der Waals surface area contributed by atoms with Crippen LogP contribution in [0.5, 0.6) is 0 Å². The predicted molar refractivity (Wildman–Crippen MR) is 71.2 cm³/mol. The third kappa shape index (κ3) is 0.717. The molecule has 2 saturated carbocycles. The summed E-state index contributed by atoms with van der Waals surface area (Å²) >= 11 is 0. The molecule has 1 heterocycles. The van der Waals surface area contributed by atoms with Gasteiger partial charge in [0.05, 0.1) is 0 Å². The highest BCUT2D eigenvalue weighted by Crippen LogP contribution is 2.81. The normalized spacial score (nSPS) is 52.8. The first-order chi connectivity index (χ1) is 9.56. The molecule has 3 heteroatoms. The van der Waals surface area contributed by atoms with Crippen LogP contribution in [0.4, 0.5) is 0 Å². The number of carbonyl (C=O) groups excluding carboxylic acids is 2. The molecule has 3 nitrogen and oxygen atoms in total. The van der Waals surface area contributed by atoms with Crippen LogP contribution >= 0.6 is 0 Å². The van der Waals surface area contributed by atoms with Gasteiger partial charge >= 0.3 is 11.9 Å². The molecule has 3 fully saturated rings. The average molecular weight is 268 g/mol. The molecule has 0 amide bonds. The maximum atomic E-state index is 12.7. The summed E-state index contributed by atoms with van der Waals surface area (Å²) < 4.78 is 5.19. The van der Waals surface area contributed by atoms with Crippen molar-refractivity contribution in [3.8, 4) is 0 Å². The van der Waals surface area contributed by atoms with Gasteiger partial charge in [-0.2, -0.15) is 0 Å². The molecule has 4 bridgehead atoms. The number of cyclic esters (lactones) is 2. The van der Waals surface area contributed by atoms with E-state index in [0.717, 1.165) is 6.42 Å². The largest absolute Gasteiger partial charge is 0.392 e.